The first-order valence-corrected chi connectivity index (χ1v) is 12.8. The molecule has 1 saturated carbocycles. The standard InChI is InChI=1S/C29H38N2O2/c1-21(2)25-7-4-5-8-26(25)27-9-6-16-31(27)24-19-29(20-24)14-17-30(18-15-29)23-12-10-22(11-13-23)28(32)33-3/h4-5,7-8,10-13,21,24,27H,6,9,14-20H2,1-3H3/t27-/m0/s1. The molecule has 2 aromatic carbocycles. The van der Waals surface area contributed by atoms with Crippen molar-refractivity contribution in [2.45, 2.75) is 70.4 Å². The number of hydrogen-bond acceptors (Lipinski definition) is 4. The lowest BCUT2D eigenvalue weighted by molar-refractivity contribution is -0.0227. The van der Waals surface area contributed by atoms with Crippen molar-refractivity contribution in [3.8, 4) is 0 Å². The van der Waals surface area contributed by atoms with Crippen molar-refractivity contribution in [2.24, 2.45) is 5.41 Å². The first-order chi connectivity index (χ1) is 16.0. The molecule has 5 rings (SSSR count). The summed E-state index contributed by atoms with van der Waals surface area (Å²) in [6.45, 7) is 8.14. The molecule has 4 nitrogen and oxygen atoms in total. The molecule has 4 heteroatoms. The fraction of sp³-hybridized carbons (Fsp3) is 0.552. The molecule has 3 fully saturated rings. The second-order valence-electron chi connectivity index (χ2n) is 10.8. The minimum absolute atomic E-state index is 0.268. The van der Waals surface area contributed by atoms with Gasteiger partial charge >= 0.3 is 5.97 Å². The highest BCUT2D eigenvalue weighted by atomic mass is 16.5. The lowest BCUT2D eigenvalue weighted by Crippen LogP contribution is -2.54. The number of likely N-dealkylation sites (tertiary alicyclic amines) is 1. The summed E-state index contributed by atoms with van der Waals surface area (Å²) in [5.74, 6) is 0.318. The zero-order chi connectivity index (χ0) is 23.0. The number of carbonyl (C=O) groups excluding carboxylic acids is 1. The first kappa shape index (κ1) is 22.5. The van der Waals surface area contributed by atoms with Crippen molar-refractivity contribution in [1.82, 2.24) is 4.90 Å². The molecule has 1 spiro atoms. The van der Waals surface area contributed by atoms with Gasteiger partial charge in [-0.15, -0.1) is 0 Å². The Kier molecular flexibility index (Phi) is 6.22. The van der Waals surface area contributed by atoms with Gasteiger partial charge in [-0.3, -0.25) is 4.90 Å². The minimum Gasteiger partial charge on any atom is -0.465 e. The summed E-state index contributed by atoms with van der Waals surface area (Å²) in [7, 11) is 1.43. The Labute approximate surface area is 198 Å². The van der Waals surface area contributed by atoms with E-state index >= 15 is 0 Å². The molecule has 0 amide bonds. The van der Waals surface area contributed by atoms with Gasteiger partial charge in [-0.1, -0.05) is 38.1 Å². The van der Waals surface area contributed by atoms with Crippen molar-refractivity contribution in [2.75, 3.05) is 31.6 Å². The minimum atomic E-state index is -0.268. The molecule has 0 unspecified atom stereocenters. The van der Waals surface area contributed by atoms with Crippen LogP contribution in [-0.2, 0) is 4.74 Å². The highest BCUT2D eigenvalue weighted by Gasteiger charge is 2.49. The van der Waals surface area contributed by atoms with Gasteiger partial charge < -0.3 is 9.64 Å². The van der Waals surface area contributed by atoms with Gasteiger partial charge in [-0.2, -0.15) is 0 Å². The number of esters is 1. The highest BCUT2D eigenvalue weighted by molar-refractivity contribution is 5.89. The van der Waals surface area contributed by atoms with E-state index in [4.69, 9.17) is 4.74 Å². The number of methoxy groups -OCH3 is 1. The maximum atomic E-state index is 11.7. The quantitative estimate of drug-likeness (QED) is 0.513. The number of ether oxygens (including phenoxy) is 1. The number of carbonyl (C=O) groups is 1. The van der Waals surface area contributed by atoms with Crippen LogP contribution in [0.15, 0.2) is 48.5 Å². The maximum absolute atomic E-state index is 11.7. The Hall–Kier alpha value is -2.33. The van der Waals surface area contributed by atoms with Crippen LogP contribution in [0.3, 0.4) is 0 Å². The Morgan fingerprint density at radius 2 is 1.70 bits per heavy atom. The molecule has 176 valence electrons. The monoisotopic (exact) mass is 446 g/mol. The second-order valence-corrected chi connectivity index (χ2v) is 10.8. The predicted molar refractivity (Wildman–Crippen MR) is 134 cm³/mol. The van der Waals surface area contributed by atoms with Crippen LogP contribution in [-0.4, -0.2) is 43.7 Å². The molecule has 2 aliphatic heterocycles. The molecule has 3 aliphatic rings. The van der Waals surface area contributed by atoms with Crippen molar-refractivity contribution < 1.29 is 9.53 Å². The zero-order valence-electron chi connectivity index (χ0n) is 20.4. The molecule has 0 aromatic heterocycles. The first-order valence-electron chi connectivity index (χ1n) is 12.8. The molecule has 2 saturated heterocycles. The van der Waals surface area contributed by atoms with Gasteiger partial charge in [0.05, 0.1) is 12.7 Å². The van der Waals surface area contributed by atoms with Gasteiger partial charge in [0.15, 0.2) is 0 Å². The van der Waals surface area contributed by atoms with Gasteiger partial charge in [-0.05, 0) is 91.8 Å². The average molecular weight is 447 g/mol. The van der Waals surface area contributed by atoms with E-state index < -0.39 is 0 Å². The summed E-state index contributed by atoms with van der Waals surface area (Å²) in [6.07, 6.45) is 7.93. The van der Waals surface area contributed by atoms with E-state index in [9.17, 15) is 4.79 Å². The van der Waals surface area contributed by atoms with E-state index in [-0.39, 0.29) is 5.97 Å². The van der Waals surface area contributed by atoms with Crippen molar-refractivity contribution >= 4 is 11.7 Å². The lowest BCUT2D eigenvalue weighted by Gasteiger charge is -2.56. The van der Waals surface area contributed by atoms with E-state index in [0.717, 1.165) is 19.1 Å². The average Bonchev–Trinajstić information content (AvgIpc) is 3.31. The Morgan fingerprint density at radius 3 is 2.36 bits per heavy atom. The Morgan fingerprint density at radius 1 is 1.00 bits per heavy atom. The number of nitrogens with zero attached hydrogens (tertiary/aromatic N) is 2. The number of anilines is 1. The van der Waals surface area contributed by atoms with Crippen molar-refractivity contribution in [3.05, 3.63) is 65.2 Å². The number of piperidine rings is 1. The van der Waals surface area contributed by atoms with Crippen LogP contribution in [0.2, 0.25) is 0 Å². The van der Waals surface area contributed by atoms with E-state index in [1.807, 2.05) is 12.1 Å². The van der Waals surface area contributed by atoms with Gasteiger partial charge in [-0.25, -0.2) is 4.79 Å². The lowest BCUT2D eigenvalue weighted by atomic mass is 9.59. The molecule has 0 radical (unpaired) electrons. The molecular weight excluding hydrogens is 408 g/mol. The Bertz CT molecular complexity index is 967. The number of benzene rings is 2. The van der Waals surface area contributed by atoms with Crippen LogP contribution in [0.4, 0.5) is 5.69 Å². The molecule has 2 aromatic rings. The number of hydrogen-bond donors (Lipinski definition) is 0. The third-order valence-corrected chi connectivity index (χ3v) is 8.56. The summed E-state index contributed by atoms with van der Waals surface area (Å²) < 4.78 is 4.82. The molecular formula is C29H38N2O2. The third-order valence-electron chi connectivity index (χ3n) is 8.56. The third kappa shape index (κ3) is 4.30. The van der Waals surface area contributed by atoms with E-state index in [2.05, 4.69) is 60.0 Å². The maximum Gasteiger partial charge on any atom is 0.337 e. The smallest absolute Gasteiger partial charge is 0.337 e. The van der Waals surface area contributed by atoms with Gasteiger partial charge in [0.25, 0.3) is 0 Å². The zero-order valence-corrected chi connectivity index (χ0v) is 20.4. The molecule has 2 heterocycles. The molecule has 0 bridgehead atoms. The van der Waals surface area contributed by atoms with Crippen LogP contribution in [0.25, 0.3) is 0 Å². The summed E-state index contributed by atoms with van der Waals surface area (Å²) in [4.78, 5) is 17.0. The van der Waals surface area contributed by atoms with Crippen LogP contribution in [0.5, 0.6) is 0 Å². The fourth-order valence-electron chi connectivity index (χ4n) is 6.65. The summed E-state index contributed by atoms with van der Waals surface area (Å²) >= 11 is 0. The fourth-order valence-corrected chi connectivity index (χ4v) is 6.65. The van der Waals surface area contributed by atoms with Crippen molar-refractivity contribution in [3.63, 3.8) is 0 Å². The van der Waals surface area contributed by atoms with Crippen LogP contribution in [0, 0.1) is 5.41 Å². The van der Waals surface area contributed by atoms with Gasteiger partial charge in [0.2, 0.25) is 0 Å². The van der Waals surface area contributed by atoms with E-state index in [1.54, 1.807) is 5.56 Å². The van der Waals surface area contributed by atoms with Crippen LogP contribution in [0.1, 0.15) is 85.8 Å². The van der Waals surface area contributed by atoms with Gasteiger partial charge in [0.1, 0.15) is 0 Å². The highest BCUT2D eigenvalue weighted by Crippen LogP contribution is 2.54. The SMILES string of the molecule is COC(=O)c1ccc(N2CCC3(CC2)CC(N2CCC[C@H]2c2ccccc2C(C)C)C3)cc1. The summed E-state index contributed by atoms with van der Waals surface area (Å²) in [5.41, 5.74) is 5.50. The van der Waals surface area contributed by atoms with Gasteiger partial charge in [0, 0.05) is 30.9 Å². The van der Waals surface area contributed by atoms with Crippen LogP contribution >= 0.6 is 0 Å². The molecule has 0 N–H and O–H groups in total. The molecule has 1 aliphatic carbocycles. The number of rotatable bonds is 5. The van der Waals surface area contributed by atoms with Crippen molar-refractivity contribution in [1.29, 1.82) is 0 Å². The van der Waals surface area contributed by atoms with Crippen LogP contribution < -0.4 is 4.90 Å². The Balaban J connectivity index is 1.19. The normalized spacial score (nSPS) is 23.2. The van der Waals surface area contributed by atoms with E-state index in [0.29, 0.717) is 22.9 Å². The largest absolute Gasteiger partial charge is 0.465 e. The second kappa shape index (κ2) is 9.13. The topological polar surface area (TPSA) is 32.8 Å². The van der Waals surface area contributed by atoms with E-state index in [1.165, 1.54) is 63.4 Å². The molecule has 33 heavy (non-hydrogen) atoms. The summed E-state index contributed by atoms with van der Waals surface area (Å²) in [6, 6.07) is 18.4. The molecule has 1 atom stereocenters. The summed E-state index contributed by atoms with van der Waals surface area (Å²) in [5, 5.41) is 0. The predicted octanol–water partition coefficient (Wildman–Crippen LogP) is 6.18.